The highest BCUT2D eigenvalue weighted by molar-refractivity contribution is 5.86. The number of hydrogen-bond donors (Lipinski definition) is 1. The Morgan fingerprint density at radius 2 is 2.03 bits per heavy atom. The molecule has 3 amide bonds. The van der Waals surface area contributed by atoms with Crippen molar-refractivity contribution in [3.8, 4) is 0 Å². The molecule has 2 aliphatic heterocycles. The first kappa shape index (κ1) is 20.9. The predicted molar refractivity (Wildman–Crippen MR) is 118 cm³/mol. The van der Waals surface area contributed by atoms with Crippen LogP contribution in [0.1, 0.15) is 50.1 Å². The molecule has 9 nitrogen and oxygen atoms in total. The van der Waals surface area contributed by atoms with E-state index in [1.807, 2.05) is 21.7 Å². The first-order valence-electron chi connectivity index (χ1n) is 11.7. The van der Waals surface area contributed by atoms with Gasteiger partial charge in [-0.2, -0.15) is 5.10 Å². The number of piperidine rings is 1. The quantitative estimate of drug-likeness (QED) is 0.702. The lowest BCUT2D eigenvalue weighted by molar-refractivity contribution is -0.139. The molecule has 3 aliphatic rings. The number of amides is 3. The number of nitrogens with one attached hydrogen (secondary N) is 1. The van der Waals surface area contributed by atoms with Gasteiger partial charge in [0, 0.05) is 56.0 Å². The number of fused-ring (bicyclic) bond motifs is 1. The number of likely N-dealkylation sites (tertiary alicyclic amines) is 2. The number of nitrogens with zero attached hydrogens (tertiary/aromatic N) is 5. The Kier molecular flexibility index (Phi) is 5.80. The van der Waals surface area contributed by atoms with Gasteiger partial charge in [-0.1, -0.05) is 0 Å². The summed E-state index contributed by atoms with van der Waals surface area (Å²) in [6, 6.07) is 3.95. The third-order valence-electron chi connectivity index (χ3n) is 6.76. The van der Waals surface area contributed by atoms with Crippen LogP contribution in [0.4, 0.5) is 0 Å². The van der Waals surface area contributed by atoms with E-state index in [1.165, 1.54) is 0 Å². The molecule has 0 radical (unpaired) electrons. The summed E-state index contributed by atoms with van der Waals surface area (Å²) in [5.74, 6) is 0.564. The summed E-state index contributed by atoms with van der Waals surface area (Å²) < 4.78 is 1.88. The van der Waals surface area contributed by atoms with Crippen molar-refractivity contribution in [3.63, 3.8) is 0 Å². The van der Waals surface area contributed by atoms with E-state index in [0.29, 0.717) is 32.6 Å². The van der Waals surface area contributed by atoms with Crippen molar-refractivity contribution in [2.24, 2.45) is 5.92 Å². The Morgan fingerprint density at radius 3 is 2.81 bits per heavy atom. The first-order chi connectivity index (χ1) is 15.6. The van der Waals surface area contributed by atoms with Gasteiger partial charge in [0.15, 0.2) is 5.65 Å². The van der Waals surface area contributed by atoms with Gasteiger partial charge in [-0.15, -0.1) is 0 Å². The van der Waals surface area contributed by atoms with Crippen LogP contribution in [0.5, 0.6) is 0 Å². The molecule has 3 fully saturated rings. The van der Waals surface area contributed by atoms with E-state index < -0.39 is 0 Å². The molecule has 1 N–H and O–H groups in total. The van der Waals surface area contributed by atoms with Gasteiger partial charge in [-0.05, 0) is 44.2 Å². The van der Waals surface area contributed by atoms with E-state index in [1.54, 1.807) is 11.1 Å². The fourth-order valence-corrected chi connectivity index (χ4v) is 4.83. The topological polar surface area (TPSA) is 100 Å². The molecule has 5 rings (SSSR count). The van der Waals surface area contributed by atoms with E-state index in [9.17, 15) is 14.4 Å². The van der Waals surface area contributed by atoms with Crippen LogP contribution >= 0.6 is 0 Å². The van der Waals surface area contributed by atoms with Crippen LogP contribution in [0.3, 0.4) is 0 Å². The molecule has 4 heterocycles. The molecule has 32 heavy (non-hydrogen) atoms. The van der Waals surface area contributed by atoms with Crippen molar-refractivity contribution in [2.75, 3.05) is 32.7 Å². The monoisotopic (exact) mass is 438 g/mol. The van der Waals surface area contributed by atoms with Crippen LogP contribution in [0.25, 0.3) is 11.0 Å². The smallest absolute Gasteiger partial charge is 0.242 e. The second-order valence-electron chi connectivity index (χ2n) is 9.15. The van der Waals surface area contributed by atoms with Gasteiger partial charge in [0.2, 0.25) is 17.7 Å². The van der Waals surface area contributed by atoms with E-state index in [0.717, 1.165) is 55.4 Å². The highest BCUT2D eigenvalue weighted by Gasteiger charge is 2.31. The van der Waals surface area contributed by atoms with E-state index in [2.05, 4.69) is 10.3 Å². The van der Waals surface area contributed by atoms with Crippen molar-refractivity contribution < 1.29 is 14.4 Å². The van der Waals surface area contributed by atoms with Crippen LogP contribution in [-0.4, -0.2) is 75.0 Å². The molecule has 170 valence electrons. The Morgan fingerprint density at radius 1 is 1.16 bits per heavy atom. The molecule has 1 unspecified atom stereocenters. The summed E-state index contributed by atoms with van der Waals surface area (Å²) in [5.41, 5.74) is 1.78. The molecule has 0 aromatic carbocycles. The maximum absolute atomic E-state index is 12.9. The summed E-state index contributed by atoms with van der Waals surface area (Å²) in [6.45, 7) is 3.30. The molecule has 2 aromatic heterocycles. The average molecular weight is 439 g/mol. The summed E-state index contributed by atoms with van der Waals surface area (Å²) in [4.78, 5) is 44.8. The van der Waals surface area contributed by atoms with E-state index in [-0.39, 0.29) is 36.1 Å². The maximum atomic E-state index is 12.9. The van der Waals surface area contributed by atoms with Crippen molar-refractivity contribution in [3.05, 3.63) is 24.0 Å². The molecule has 1 saturated carbocycles. The van der Waals surface area contributed by atoms with Crippen LogP contribution < -0.4 is 5.32 Å². The zero-order valence-electron chi connectivity index (χ0n) is 18.3. The van der Waals surface area contributed by atoms with E-state index >= 15 is 0 Å². The molecule has 1 aliphatic carbocycles. The third kappa shape index (κ3) is 4.33. The fraction of sp³-hybridized carbons (Fsp3) is 0.609. The zero-order valence-corrected chi connectivity index (χ0v) is 18.3. The Hall–Kier alpha value is -2.97. The lowest BCUT2D eigenvalue weighted by atomic mass is 9.93. The average Bonchev–Trinajstić information content (AvgIpc) is 3.50. The highest BCUT2D eigenvalue weighted by atomic mass is 16.2. The minimum absolute atomic E-state index is 0.0228. The standard InChI is InChI=1S/C23H30N6O3/c30-19-6-3-12-28(19)15-20(31)27-11-2-4-17(14-27)21-18-5-1-9-24-22(18)29(26-21)13-10-25-23(32)16-7-8-16/h1,5,9,16-17H,2-4,6-8,10-15H2,(H,25,32). The van der Waals surface area contributed by atoms with Gasteiger partial charge >= 0.3 is 0 Å². The van der Waals surface area contributed by atoms with Gasteiger partial charge in [0.05, 0.1) is 18.8 Å². The SMILES string of the molecule is O=C(NCCn1nc(C2CCCN(C(=O)CN3CCCC3=O)C2)c2cccnc21)C1CC1. The number of hydrogen-bond acceptors (Lipinski definition) is 5. The molecular weight excluding hydrogens is 408 g/mol. The number of carbonyl (C=O) groups excluding carboxylic acids is 3. The molecule has 2 aromatic rings. The van der Waals surface area contributed by atoms with Crippen molar-refractivity contribution in [1.29, 1.82) is 0 Å². The maximum Gasteiger partial charge on any atom is 0.242 e. The molecule has 2 saturated heterocycles. The Labute approximate surface area is 187 Å². The normalized spacial score (nSPS) is 21.4. The predicted octanol–water partition coefficient (Wildman–Crippen LogP) is 1.29. The number of aromatic nitrogens is 3. The number of rotatable bonds is 7. The van der Waals surface area contributed by atoms with Gasteiger partial charge in [-0.3, -0.25) is 14.4 Å². The largest absolute Gasteiger partial charge is 0.354 e. The van der Waals surface area contributed by atoms with Crippen LogP contribution in [0, 0.1) is 5.92 Å². The van der Waals surface area contributed by atoms with Crippen LogP contribution in [0.2, 0.25) is 0 Å². The lowest BCUT2D eigenvalue weighted by Crippen LogP contribution is -2.45. The fourth-order valence-electron chi connectivity index (χ4n) is 4.83. The lowest BCUT2D eigenvalue weighted by Gasteiger charge is -2.33. The molecular formula is C23H30N6O3. The summed E-state index contributed by atoms with van der Waals surface area (Å²) in [6.07, 6.45) is 7.01. The summed E-state index contributed by atoms with van der Waals surface area (Å²) in [5, 5.41) is 8.88. The molecule has 0 bridgehead atoms. The van der Waals surface area contributed by atoms with Crippen LogP contribution in [-0.2, 0) is 20.9 Å². The Bertz CT molecular complexity index is 1030. The van der Waals surface area contributed by atoms with Gasteiger partial charge in [0.25, 0.3) is 0 Å². The molecule has 1 atom stereocenters. The van der Waals surface area contributed by atoms with Gasteiger partial charge < -0.3 is 15.1 Å². The molecule has 9 heteroatoms. The van der Waals surface area contributed by atoms with Crippen molar-refractivity contribution >= 4 is 28.8 Å². The second-order valence-corrected chi connectivity index (χ2v) is 9.15. The zero-order chi connectivity index (χ0) is 22.1. The van der Waals surface area contributed by atoms with Crippen molar-refractivity contribution in [2.45, 2.75) is 51.0 Å². The van der Waals surface area contributed by atoms with Crippen LogP contribution in [0.15, 0.2) is 18.3 Å². The third-order valence-corrected chi connectivity index (χ3v) is 6.76. The van der Waals surface area contributed by atoms with Gasteiger partial charge in [-0.25, -0.2) is 9.67 Å². The summed E-state index contributed by atoms with van der Waals surface area (Å²) >= 11 is 0. The van der Waals surface area contributed by atoms with E-state index in [4.69, 9.17) is 5.10 Å². The minimum Gasteiger partial charge on any atom is -0.354 e. The van der Waals surface area contributed by atoms with Crippen molar-refractivity contribution in [1.82, 2.24) is 29.9 Å². The number of pyridine rings is 1. The molecule has 0 spiro atoms. The minimum atomic E-state index is 0.0228. The summed E-state index contributed by atoms with van der Waals surface area (Å²) in [7, 11) is 0. The second kappa shape index (κ2) is 8.88. The Balaban J connectivity index is 1.28. The first-order valence-corrected chi connectivity index (χ1v) is 11.7. The highest BCUT2D eigenvalue weighted by Crippen LogP contribution is 2.31. The van der Waals surface area contributed by atoms with Gasteiger partial charge in [0.1, 0.15) is 0 Å². The number of carbonyl (C=O) groups is 3.